The quantitative estimate of drug-likeness (QED) is 0.854. The van der Waals surface area contributed by atoms with E-state index in [-0.39, 0.29) is 0 Å². The number of anilines is 1. The van der Waals surface area contributed by atoms with Crippen molar-refractivity contribution >= 4 is 17.7 Å². The molecule has 2 N–H and O–H groups in total. The summed E-state index contributed by atoms with van der Waals surface area (Å²) in [6.07, 6.45) is 5.47. The number of aromatic nitrogens is 2. The van der Waals surface area contributed by atoms with Crippen LogP contribution in [0.1, 0.15) is 24.1 Å². The highest BCUT2D eigenvalue weighted by Gasteiger charge is 2.26. The van der Waals surface area contributed by atoms with Crippen molar-refractivity contribution in [1.29, 1.82) is 0 Å². The van der Waals surface area contributed by atoms with E-state index in [4.69, 9.17) is 10.7 Å². The molecular formula is C12H18N4S. The Morgan fingerprint density at radius 3 is 3.35 bits per heavy atom. The fraction of sp³-hybridized carbons (Fsp3) is 0.667. The van der Waals surface area contributed by atoms with Crippen LogP contribution in [0.25, 0.3) is 0 Å². The molecule has 0 aromatic carbocycles. The molecule has 1 unspecified atom stereocenters. The first-order valence-electron chi connectivity index (χ1n) is 6.27. The number of nitrogens with zero attached hydrogens (tertiary/aromatic N) is 3. The van der Waals surface area contributed by atoms with Crippen molar-refractivity contribution in [2.24, 2.45) is 5.73 Å². The first-order valence-corrected chi connectivity index (χ1v) is 7.43. The van der Waals surface area contributed by atoms with Gasteiger partial charge < -0.3 is 10.6 Å². The Hall–Kier alpha value is -0.810. The largest absolute Gasteiger partial charge is 0.337 e. The molecule has 2 aliphatic rings. The monoisotopic (exact) mass is 250 g/mol. The molecule has 0 aliphatic carbocycles. The molecule has 1 aromatic heterocycles. The summed E-state index contributed by atoms with van der Waals surface area (Å²) in [6, 6.07) is 0.436. The Morgan fingerprint density at radius 2 is 2.47 bits per heavy atom. The average Bonchev–Trinajstić information content (AvgIpc) is 2.86. The predicted molar refractivity (Wildman–Crippen MR) is 71.3 cm³/mol. The summed E-state index contributed by atoms with van der Waals surface area (Å²) in [4.78, 5) is 11.5. The fourth-order valence-corrected chi connectivity index (χ4v) is 3.55. The molecule has 3 heterocycles. The number of fused-ring (bicyclic) bond motifs is 1. The number of hydrogen-bond acceptors (Lipinski definition) is 5. The van der Waals surface area contributed by atoms with Gasteiger partial charge in [-0.05, 0) is 25.0 Å². The summed E-state index contributed by atoms with van der Waals surface area (Å²) in [5.74, 6) is 3.14. The number of nitrogens with two attached hydrogens (primary N) is 1. The molecule has 1 fully saturated rings. The SMILES string of the molecule is NCC1CCCN1c1ncc2c(n1)CCSC2. The van der Waals surface area contributed by atoms with Crippen molar-refractivity contribution in [3.05, 3.63) is 17.5 Å². The second kappa shape index (κ2) is 4.82. The van der Waals surface area contributed by atoms with Crippen LogP contribution in [-0.4, -0.2) is 34.9 Å². The van der Waals surface area contributed by atoms with Crippen LogP contribution in [0, 0.1) is 0 Å². The smallest absolute Gasteiger partial charge is 0.225 e. The van der Waals surface area contributed by atoms with Crippen LogP contribution in [0.5, 0.6) is 0 Å². The van der Waals surface area contributed by atoms with Crippen LogP contribution >= 0.6 is 11.8 Å². The molecule has 2 aliphatic heterocycles. The normalized spacial score (nSPS) is 23.8. The van der Waals surface area contributed by atoms with Gasteiger partial charge >= 0.3 is 0 Å². The molecule has 17 heavy (non-hydrogen) atoms. The molecule has 1 aromatic rings. The Labute approximate surface area is 106 Å². The molecule has 1 atom stereocenters. The molecule has 0 bridgehead atoms. The van der Waals surface area contributed by atoms with Crippen molar-refractivity contribution in [3.8, 4) is 0 Å². The highest BCUT2D eigenvalue weighted by molar-refractivity contribution is 7.98. The molecule has 3 rings (SSSR count). The lowest BCUT2D eigenvalue weighted by Gasteiger charge is -2.25. The van der Waals surface area contributed by atoms with E-state index in [0.717, 1.165) is 24.7 Å². The lowest BCUT2D eigenvalue weighted by molar-refractivity contribution is 0.661. The Kier molecular flexibility index (Phi) is 3.20. The molecule has 0 spiro atoms. The van der Waals surface area contributed by atoms with Crippen LogP contribution in [0.4, 0.5) is 5.95 Å². The Morgan fingerprint density at radius 1 is 1.53 bits per heavy atom. The van der Waals surface area contributed by atoms with E-state index < -0.39 is 0 Å². The maximum absolute atomic E-state index is 5.80. The summed E-state index contributed by atoms with van der Waals surface area (Å²) in [7, 11) is 0. The zero-order valence-corrected chi connectivity index (χ0v) is 10.7. The minimum absolute atomic E-state index is 0.436. The van der Waals surface area contributed by atoms with Gasteiger partial charge in [0.15, 0.2) is 0 Å². The lowest BCUT2D eigenvalue weighted by atomic mass is 10.2. The third kappa shape index (κ3) is 2.13. The van der Waals surface area contributed by atoms with E-state index in [1.54, 1.807) is 0 Å². The molecule has 0 amide bonds. The van der Waals surface area contributed by atoms with Crippen molar-refractivity contribution < 1.29 is 0 Å². The van der Waals surface area contributed by atoms with Crippen molar-refractivity contribution in [2.45, 2.75) is 31.1 Å². The average molecular weight is 250 g/mol. The molecule has 92 valence electrons. The zero-order chi connectivity index (χ0) is 11.7. The van der Waals surface area contributed by atoms with Crippen molar-refractivity contribution in [3.63, 3.8) is 0 Å². The first kappa shape index (κ1) is 11.3. The van der Waals surface area contributed by atoms with E-state index in [9.17, 15) is 0 Å². The van der Waals surface area contributed by atoms with E-state index in [1.807, 2.05) is 18.0 Å². The van der Waals surface area contributed by atoms with Gasteiger partial charge in [0.1, 0.15) is 0 Å². The second-order valence-corrected chi connectivity index (χ2v) is 5.77. The van der Waals surface area contributed by atoms with E-state index in [0.29, 0.717) is 12.6 Å². The third-order valence-corrected chi connectivity index (χ3v) is 4.60. The van der Waals surface area contributed by atoms with Gasteiger partial charge in [0.05, 0.1) is 5.69 Å². The minimum atomic E-state index is 0.436. The van der Waals surface area contributed by atoms with E-state index >= 15 is 0 Å². The summed E-state index contributed by atoms with van der Waals surface area (Å²) >= 11 is 1.97. The van der Waals surface area contributed by atoms with Gasteiger partial charge in [0.25, 0.3) is 0 Å². The van der Waals surface area contributed by atoms with Crippen LogP contribution in [0.3, 0.4) is 0 Å². The third-order valence-electron chi connectivity index (χ3n) is 3.59. The van der Waals surface area contributed by atoms with Crippen LogP contribution in [0.15, 0.2) is 6.20 Å². The maximum atomic E-state index is 5.80. The van der Waals surface area contributed by atoms with E-state index in [1.165, 1.54) is 29.9 Å². The Bertz CT molecular complexity index is 409. The standard InChI is InChI=1S/C12H18N4S/c13-6-10-2-1-4-16(10)12-14-7-9-8-17-5-3-11(9)15-12/h7,10H,1-6,8,13H2. The number of hydrogen-bond donors (Lipinski definition) is 1. The molecular weight excluding hydrogens is 232 g/mol. The topological polar surface area (TPSA) is 55.0 Å². The van der Waals surface area contributed by atoms with Crippen LogP contribution in [0.2, 0.25) is 0 Å². The van der Waals surface area contributed by atoms with Gasteiger partial charge in [0.2, 0.25) is 5.95 Å². The molecule has 1 saturated heterocycles. The summed E-state index contributed by atoms with van der Waals surface area (Å²) in [5.41, 5.74) is 8.36. The number of aryl methyl sites for hydroxylation is 1. The van der Waals surface area contributed by atoms with Gasteiger partial charge in [-0.15, -0.1) is 0 Å². The molecule has 5 heteroatoms. The maximum Gasteiger partial charge on any atom is 0.225 e. The number of rotatable bonds is 2. The van der Waals surface area contributed by atoms with Crippen LogP contribution < -0.4 is 10.6 Å². The number of thioether (sulfide) groups is 1. The van der Waals surface area contributed by atoms with Gasteiger partial charge in [-0.2, -0.15) is 11.8 Å². The first-order chi connectivity index (χ1) is 8.38. The zero-order valence-electron chi connectivity index (χ0n) is 9.93. The predicted octanol–water partition coefficient (Wildman–Crippen LogP) is 1.19. The van der Waals surface area contributed by atoms with Gasteiger partial charge in [0, 0.05) is 36.6 Å². The summed E-state index contributed by atoms with van der Waals surface area (Å²) in [5, 5.41) is 0. The lowest BCUT2D eigenvalue weighted by Crippen LogP contribution is -2.36. The fourth-order valence-electron chi connectivity index (χ4n) is 2.60. The van der Waals surface area contributed by atoms with Gasteiger partial charge in [-0.3, -0.25) is 0 Å². The van der Waals surface area contributed by atoms with Gasteiger partial charge in [-0.25, -0.2) is 9.97 Å². The molecule has 0 radical (unpaired) electrons. The van der Waals surface area contributed by atoms with Crippen molar-refractivity contribution in [2.75, 3.05) is 23.7 Å². The van der Waals surface area contributed by atoms with Gasteiger partial charge in [-0.1, -0.05) is 0 Å². The highest BCUT2D eigenvalue weighted by Crippen LogP contribution is 2.26. The van der Waals surface area contributed by atoms with Crippen LogP contribution in [-0.2, 0) is 12.2 Å². The second-order valence-electron chi connectivity index (χ2n) is 4.67. The summed E-state index contributed by atoms with van der Waals surface area (Å²) in [6.45, 7) is 1.76. The molecule has 4 nitrogen and oxygen atoms in total. The minimum Gasteiger partial charge on any atom is -0.337 e. The molecule has 0 saturated carbocycles. The van der Waals surface area contributed by atoms with Crippen molar-refractivity contribution in [1.82, 2.24) is 9.97 Å². The Balaban J connectivity index is 1.88. The van der Waals surface area contributed by atoms with E-state index in [2.05, 4.69) is 9.88 Å². The summed E-state index contributed by atoms with van der Waals surface area (Å²) < 4.78 is 0. The highest BCUT2D eigenvalue weighted by atomic mass is 32.2.